The van der Waals surface area contributed by atoms with E-state index in [1.54, 1.807) is 29.3 Å². The molecule has 7 heteroatoms. The van der Waals surface area contributed by atoms with E-state index >= 15 is 0 Å². The summed E-state index contributed by atoms with van der Waals surface area (Å²) in [7, 11) is 1.81. The number of carbonyl (C=O) groups is 1. The van der Waals surface area contributed by atoms with E-state index in [0.717, 1.165) is 16.8 Å². The molecule has 0 aliphatic carbocycles. The van der Waals surface area contributed by atoms with Crippen molar-refractivity contribution in [2.45, 2.75) is 13.5 Å². The number of amides is 1. The Morgan fingerprint density at radius 1 is 1.27 bits per heavy atom. The van der Waals surface area contributed by atoms with E-state index in [9.17, 15) is 4.79 Å². The van der Waals surface area contributed by atoms with Crippen LogP contribution in [0.5, 0.6) is 0 Å². The van der Waals surface area contributed by atoms with Crippen LogP contribution in [0.3, 0.4) is 0 Å². The molecule has 0 bridgehead atoms. The number of nitrogens with zero attached hydrogens (tertiary/aromatic N) is 4. The number of carbonyl (C=O) groups excluding carboxylic acids is 1. The van der Waals surface area contributed by atoms with Gasteiger partial charge < -0.3 is 9.73 Å². The van der Waals surface area contributed by atoms with Crippen molar-refractivity contribution in [2.24, 2.45) is 7.05 Å². The number of aryl methyl sites for hydroxylation is 2. The van der Waals surface area contributed by atoms with E-state index in [2.05, 4.69) is 20.4 Å². The zero-order valence-corrected chi connectivity index (χ0v) is 14.4. The summed E-state index contributed by atoms with van der Waals surface area (Å²) in [6.07, 6.45) is 3.28. The molecule has 130 valence electrons. The zero-order chi connectivity index (χ0) is 18.1. The molecule has 26 heavy (non-hydrogen) atoms. The molecule has 0 spiro atoms. The van der Waals surface area contributed by atoms with E-state index in [1.807, 2.05) is 38.2 Å². The Kier molecular flexibility index (Phi) is 3.96. The average Bonchev–Trinajstić information content (AvgIpc) is 3.29. The van der Waals surface area contributed by atoms with E-state index < -0.39 is 0 Å². The summed E-state index contributed by atoms with van der Waals surface area (Å²) in [6, 6.07) is 10.9. The number of furan rings is 1. The van der Waals surface area contributed by atoms with Crippen LogP contribution in [0.2, 0.25) is 0 Å². The first kappa shape index (κ1) is 16.0. The first-order valence-corrected chi connectivity index (χ1v) is 8.20. The summed E-state index contributed by atoms with van der Waals surface area (Å²) >= 11 is 0. The quantitative estimate of drug-likeness (QED) is 0.613. The fourth-order valence-corrected chi connectivity index (χ4v) is 2.94. The molecule has 4 heterocycles. The molecule has 0 unspecified atom stereocenters. The molecule has 0 aliphatic heterocycles. The highest BCUT2D eigenvalue weighted by Crippen LogP contribution is 2.27. The third-order valence-corrected chi connectivity index (χ3v) is 4.14. The highest BCUT2D eigenvalue weighted by molar-refractivity contribution is 6.07. The molecule has 7 nitrogen and oxygen atoms in total. The predicted octanol–water partition coefficient (Wildman–Crippen LogP) is 2.86. The number of pyridine rings is 2. The number of rotatable bonds is 4. The first-order chi connectivity index (χ1) is 12.6. The van der Waals surface area contributed by atoms with Gasteiger partial charge in [-0.05, 0) is 37.3 Å². The van der Waals surface area contributed by atoms with E-state index in [-0.39, 0.29) is 5.91 Å². The Bertz CT molecular complexity index is 1070. The normalized spacial score (nSPS) is 11.0. The van der Waals surface area contributed by atoms with Crippen LogP contribution in [0, 0.1) is 6.92 Å². The van der Waals surface area contributed by atoms with Crippen LogP contribution in [-0.4, -0.2) is 25.7 Å². The summed E-state index contributed by atoms with van der Waals surface area (Å²) in [5, 5.41) is 8.06. The van der Waals surface area contributed by atoms with Gasteiger partial charge in [-0.3, -0.25) is 14.5 Å². The largest absolute Gasteiger partial charge is 0.463 e. The molecule has 0 radical (unpaired) electrons. The summed E-state index contributed by atoms with van der Waals surface area (Å²) in [6.45, 7) is 2.21. The number of hydrogen-bond acceptors (Lipinski definition) is 5. The highest BCUT2D eigenvalue weighted by Gasteiger charge is 2.20. The van der Waals surface area contributed by atoms with Crippen LogP contribution in [0.1, 0.15) is 21.7 Å². The zero-order valence-electron chi connectivity index (χ0n) is 14.4. The number of hydrogen-bond donors (Lipinski definition) is 1. The first-order valence-electron chi connectivity index (χ1n) is 8.20. The van der Waals surface area contributed by atoms with Gasteiger partial charge in [-0.25, -0.2) is 4.98 Å². The molecular weight excluding hydrogens is 330 g/mol. The van der Waals surface area contributed by atoms with Crippen LogP contribution >= 0.6 is 0 Å². The lowest BCUT2D eigenvalue weighted by Gasteiger charge is -2.08. The average molecular weight is 347 g/mol. The standard InChI is InChI=1S/C19H17N5O2/c1-12-17-14(19(25)21-11-13-6-3-4-8-20-13)10-15(16-7-5-9-26-16)22-18(17)24(2)23-12/h3-10H,11H2,1-2H3,(H,21,25). The molecule has 4 rings (SSSR count). The van der Waals surface area contributed by atoms with Crippen molar-refractivity contribution in [1.29, 1.82) is 0 Å². The molecule has 0 saturated carbocycles. The van der Waals surface area contributed by atoms with Crippen LogP contribution in [0.15, 0.2) is 53.3 Å². The lowest BCUT2D eigenvalue weighted by atomic mass is 10.1. The van der Waals surface area contributed by atoms with Gasteiger partial charge in [-0.1, -0.05) is 6.07 Å². The molecule has 0 atom stereocenters. The maximum Gasteiger partial charge on any atom is 0.252 e. The Morgan fingerprint density at radius 2 is 2.15 bits per heavy atom. The SMILES string of the molecule is Cc1nn(C)c2nc(-c3ccco3)cc(C(=O)NCc3ccccn3)c12. The molecule has 0 aromatic carbocycles. The number of aromatic nitrogens is 4. The molecule has 0 aliphatic rings. The van der Waals surface area contributed by atoms with Crippen LogP contribution in [0.4, 0.5) is 0 Å². The van der Waals surface area contributed by atoms with Crippen LogP contribution in [0.25, 0.3) is 22.5 Å². The highest BCUT2D eigenvalue weighted by atomic mass is 16.3. The van der Waals surface area contributed by atoms with Gasteiger partial charge in [0, 0.05) is 13.2 Å². The molecule has 0 fully saturated rings. The Labute approximate surface area is 149 Å². The van der Waals surface area contributed by atoms with E-state index in [0.29, 0.717) is 29.2 Å². The van der Waals surface area contributed by atoms with Gasteiger partial charge in [0.2, 0.25) is 0 Å². The van der Waals surface area contributed by atoms with Gasteiger partial charge in [0.1, 0.15) is 5.69 Å². The van der Waals surface area contributed by atoms with Crippen molar-refractivity contribution in [1.82, 2.24) is 25.1 Å². The Hall–Kier alpha value is -3.48. The summed E-state index contributed by atoms with van der Waals surface area (Å²) in [4.78, 5) is 21.7. The molecule has 4 aromatic heterocycles. The summed E-state index contributed by atoms with van der Waals surface area (Å²) in [5.41, 5.74) is 3.29. The smallest absolute Gasteiger partial charge is 0.252 e. The maximum atomic E-state index is 12.9. The van der Waals surface area contributed by atoms with Gasteiger partial charge in [0.25, 0.3) is 5.91 Å². The topological polar surface area (TPSA) is 85.8 Å². The second-order valence-corrected chi connectivity index (χ2v) is 5.94. The van der Waals surface area contributed by atoms with Gasteiger partial charge in [-0.2, -0.15) is 5.10 Å². The van der Waals surface area contributed by atoms with Gasteiger partial charge in [0.15, 0.2) is 11.4 Å². The second-order valence-electron chi connectivity index (χ2n) is 5.94. The summed E-state index contributed by atoms with van der Waals surface area (Å²) < 4.78 is 7.12. The van der Waals surface area contributed by atoms with Gasteiger partial charge >= 0.3 is 0 Å². The fourth-order valence-electron chi connectivity index (χ4n) is 2.94. The number of fused-ring (bicyclic) bond motifs is 1. The van der Waals surface area contributed by atoms with Crippen molar-refractivity contribution in [2.75, 3.05) is 0 Å². The molecule has 0 saturated heterocycles. The fraction of sp³-hybridized carbons (Fsp3) is 0.158. The summed E-state index contributed by atoms with van der Waals surface area (Å²) in [5.74, 6) is 0.400. The number of nitrogens with one attached hydrogen (secondary N) is 1. The molecular formula is C19H17N5O2. The Morgan fingerprint density at radius 3 is 2.88 bits per heavy atom. The van der Waals surface area contributed by atoms with Crippen molar-refractivity contribution >= 4 is 16.9 Å². The monoisotopic (exact) mass is 347 g/mol. The van der Waals surface area contributed by atoms with E-state index in [1.165, 1.54) is 0 Å². The second kappa shape index (κ2) is 6.44. The maximum absolute atomic E-state index is 12.9. The molecule has 1 N–H and O–H groups in total. The van der Waals surface area contributed by atoms with E-state index in [4.69, 9.17) is 4.42 Å². The lowest BCUT2D eigenvalue weighted by molar-refractivity contribution is 0.0952. The third kappa shape index (κ3) is 2.83. The van der Waals surface area contributed by atoms with Crippen LogP contribution in [-0.2, 0) is 13.6 Å². The third-order valence-electron chi connectivity index (χ3n) is 4.14. The van der Waals surface area contributed by atoms with Crippen molar-refractivity contribution < 1.29 is 9.21 Å². The van der Waals surface area contributed by atoms with Crippen LogP contribution < -0.4 is 5.32 Å². The minimum atomic E-state index is -0.202. The molecule has 4 aromatic rings. The lowest BCUT2D eigenvalue weighted by Crippen LogP contribution is -2.23. The Balaban J connectivity index is 1.76. The van der Waals surface area contributed by atoms with Crippen molar-refractivity contribution in [3.8, 4) is 11.5 Å². The van der Waals surface area contributed by atoms with Crippen molar-refractivity contribution in [3.05, 3.63) is 65.8 Å². The van der Waals surface area contributed by atoms with Gasteiger partial charge in [-0.15, -0.1) is 0 Å². The minimum absolute atomic E-state index is 0.202. The van der Waals surface area contributed by atoms with Crippen molar-refractivity contribution in [3.63, 3.8) is 0 Å². The predicted molar refractivity (Wildman–Crippen MR) is 96.4 cm³/mol. The molecule has 1 amide bonds. The van der Waals surface area contributed by atoms with Gasteiger partial charge in [0.05, 0.1) is 35.1 Å². The minimum Gasteiger partial charge on any atom is -0.463 e.